The van der Waals surface area contributed by atoms with Gasteiger partial charge >= 0.3 is 0 Å². The second-order valence-electron chi connectivity index (χ2n) is 5.08. The van der Waals surface area contributed by atoms with E-state index >= 15 is 0 Å². The standard InChI is InChI=1S/C13H29NO2S/c1-4-17(15,16)12-11-14-10-8-6-5-7-9-13(2)3/h13-14H,4-12H2,1-3H3. The Morgan fingerprint density at radius 1 is 1.00 bits per heavy atom. The van der Waals surface area contributed by atoms with Gasteiger partial charge in [-0.1, -0.05) is 46.5 Å². The third-order valence-electron chi connectivity index (χ3n) is 2.91. The average molecular weight is 263 g/mol. The molecule has 0 radical (unpaired) electrons. The summed E-state index contributed by atoms with van der Waals surface area (Å²) in [6.45, 7) is 7.76. The summed E-state index contributed by atoms with van der Waals surface area (Å²) in [5, 5.41) is 3.20. The van der Waals surface area contributed by atoms with E-state index in [1.165, 1.54) is 25.7 Å². The van der Waals surface area contributed by atoms with Crippen molar-refractivity contribution in [2.45, 2.75) is 52.9 Å². The highest BCUT2D eigenvalue weighted by molar-refractivity contribution is 7.91. The lowest BCUT2D eigenvalue weighted by Crippen LogP contribution is -2.24. The molecule has 0 fully saturated rings. The summed E-state index contributed by atoms with van der Waals surface area (Å²) in [6.07, 6.45) is 6.35. The number of rotatable bonds is 11. The van der Waals surface area contributed by atoms with E-state index in [9.17, 15) is 8.42 Å². The molecule has 0 aliphatic heterocycles. The maximum Gasteiger partial charge on any atom is 0.151 e. The van der Waals surface area contributed by atoms with Crippen LogP contribution < -0.4 is 5.32 Å². The van der Waals surface area contributed by atoms with Gasteiger partial charge in [0.25, 0.3) is 0 Å². The van der Waals surface area contributed by atoms with Crippen LogP contribution in [0.25, 0.3) is 0 Å². The van der Waals surface area contributed by atoms with Crippen molar-refractivity contribution in [3.8, 4) is 0 Å². The Hall–Kier alpha value is -0.0900. The molecule has 0 aliphatic carbocycles. The van der Waals surface area contributed by atoms with Gasteiger partial charge in [0.15, 0.2) is 9.84 Å². The van der Waals surface area contributed by atoms with Gasteiger partial charge in [0, 0.05) is 12.3 Å². The molecule has 0 unspecified atom stereocenters. The van der Waals surface area contributed by atoms with Crippen molar-refractivity contribution in [1.29, 1.82) is 0 Å². The summed E-state index contributed by atoms with van der Waals surface area (Å²) in [5.74, 6) is 1.34. The van der Waals surface area contributed by atoms with Gasteiger partial charge in [-0.25, -0.2) is 8.42 Å². The van der Waals surface area contributed by atoms with Crippen LogP contribution in [0.5, 0.6) is 0 Å². The smallest absolute Gasteiger partial charge is 0.151 e. The molecule has 0 aliphatic rings. The maximum atomic E-state index is 11.2. The molecule has 0 amide bonds. The molecule has 0 saturated carbocycles. The average Bonchev–Trinajstić information content (AvgIpc) is 2.26. The summed E-state index contributed by atoms with van der Waals surface area (Å²) in [7, 11) is -2.79. The summed E-state index contributed by atoms with van der Waals surface area (Å²) >= 11 is 0. The van der Waals surface area contributed by atoms with Gasteiger partial charge in [-0.15, -0.1) is 0 Å². The molecule has 0 bridgehead atoms. The summed E-state index contributed by atoms with van der Waals surface area (Å²) in [5.41, 5.74) is 0. The van der Waals surface area contributed by atoms with Crippen molar-refractivity contribution in [3.63, 3.8) is 0 Å². The minimum absolute atomic E-state index is 0.254. The van der Waals surface area contributed by atoms with Crippen molar-refractivity contribution in [1.82, 2.24) is 5.32 Å². The van der Waals surface area contributed by atoms with Crippen LogP contribution in [0.2, 0.25) is 0 Å². The fourth-order valence-electron chi connectivity index (χ4n) is 1.65. The van der Waals surface area contributed by atoms with Crippen molar-refractivity contribution in [3.05, 3.63) is 0 Å². The summed E-state index contributed by atoms with van der Waals surface area (Å²) in [6, 6.07) is 0. The van der Waals surface area contributed by atoms with E-state index < -0.39 is 9.84 Å². The van der Waals surface area contributed by atoms with Crippen molar-refractivity contribution in [2.75, 3.05) is 24.6 Å². The van der Waals surface area contributed by atoms with E-state index in [1.807, 2.05) is 0 Å². The van der Waals surface area contributed by atoms with Crippen LogP contribution in [0.3, 0.4) is 0 Å². The quantitative estimate of drug-likeness (QED) is 0.583. The van der Waals surface area contributed by atoms with Crippen LogP contribution in [0.15, 0.2) is 0 Å². The number of hydrogen-bond donors (Lipinski definition) is 1. The lowest BCUT2D eigenvalue weighted by molar-refractivity contribution is 0.514. The fourth-order valence-corrected chi connectivity index (χ4v) is 2.40. The monoisotopic (exact) mass is 263 g/mol. The molecule has 17 heavy (non-hydrogen) atoms. The van der Waals surface area contributed by atoms with E-state index in [0.717, 1.165) is 18.9 Å². The molecule has 0 saturated heterocycles. The van der Waals surface area contributed by atoms with E-state index in [4.69, 9.17) is 0 Å². The SMILES string of the molecule is CCS(=O)(=O)CCNCCCCCCC(C)C. The molecule has 0 heterocycles. The van der Waals surface area contributed by atoms with Crippen molar-refractivity contribution >= 4 is 9.84 Å². The first-order chi connectivity index (χ1) is 7.98. The molecule has 104 valence electrons. The van der Waals surface area contributed by atoms with Crippen LogP contribution in [0, 0.1) is 5.92 Å². The predicted octanol–water partition coefficient (Wildman–Crippen LogP) is 2.62. The highest BCUT2D eigenvalue weighted by Crippen LogP contribution is 2.08. The predicted molar refractivity (Wildman–Crippen MR) is 75.1 cm³/mol. The number of hydrogen-bond acceptors (Lipinski definition) is 3. The minimum atomic E-state index is -2.79. The second kappa shape index (κ2) is 9.89. The van der Waals surface area contributed by atoms with Gasteiger partial charge in [-0.3, -0.25) is 0 Å². The third kappa shape index (κ3) is 12.2. The summed E-state index contributed by atoms with van der Waals surface area (Å²) in [4.78, 5) is 0. The zero-order valence-corrected chi connectivity index (χ0v) is 12.5. The van der Waals surface area contributed by atoms with Gasteiger partial charge in [0.05, 0.1) is 5.75 Å². The number of unbranched alkanes of at least 4 members (excludes halogenated alkanes) is 3. The largest absolute Gasteiger partial charge is 0.316 e. The maximum absolute atomic E-state index is 11.2. The van der Waals surface area contributed by atoms with E-state index in [0.29, 0.717) is 6.54 Å². The molecule has 0 aromatic carbocycles. The Labute approximate surface area is 107 Å². The van der Waals surface area contributed by atoms with E-state index in [2.05, 4.69) is 19.2 Å². The van der Waals surface area contributed by atoms with Gasteiger partial charge in [-0.2, -0.15) is 0 Å². The Balaban J connectivity index is 3.19. The minimum Gasteiger partial charge on any atom is -0.316 e. The van der Waals surface area contributed by atoms with Gasteiger partial charge in [0.2, 0.25) is 0 Å². The highest BCUT2D eigenvalue weighted by atomic mass is 32.2. The Bertz CT molecular complexity index is 261. The summed E-state index contributed by atoms with van der Waals surface area (Å²) < 4.78 is 22.4. The lowest BCUT2D eigenvalue weighted by atomic mass is 10.0. The molecular formula is C13H29NO2S. The van der Waals surface area contributed by atoms with E-state index in [-0.39, 0.29) is 11.5 Å². The molecule has 0 aromatic rings. The Morgan fingerprint density at radius 2 is 1.65 bits per heavy atom. The molecule has 0 aromatic heterocycles. The normalized spacial score (nSPS) is 12.2. The molecule has 0 spiro atoms. The molecule has 1 N–H and O–H groups in total. The molecular weight excluding hydrogens is 234 g/mol. The van der Waals surface area contributed by atoms with Crippen molar-refractivity contribution in [2.24, 2.45) is 5.92 Å². The van der Waals surface area contributed by atoms with E-state index in [1.54, 1.807) is 6.92 Å². The van der Waals surface area contributed by atoms with Crippen LogP contribution >= 0.6 is 0 Å². The Kier molecular flexibility index (Phi) is 9.84. The third-order valence-corrected chi connectivity index (χ3v) is 4.62. The number of nitrogens with one attached hydrogen (secondary N) is 1. The van der Waals surface area contributed by atoms with Gasteiger partial charge in [-0.05, 0) is 18.9 Å². The molecule has 0 atom stereocenters. The van der Waals surface area contributed by atoms with Crippen LogP contribution in [0.4, 0.5) is 0 Å². The van der Waals surface area contributed by atoms with Gasteiger partial charge < -0.3 is 5.32 Å². The molecule has 3 nitrogen and oxygen atoms in total. The number of sulfone groups is 1. The van der Waals surface area contributed by atoms with Crippen molar-refractivity contribution < 1.29 is 8.42 Å². The molecule has 0 rings (SSSR count). The first-order valence-corrected chi connectivity index (χ1v) is 8.71. The first kappa shape index (κ1) is 16.9. The topological polar surface area (TPSA) is 46.2 Å². The second-order valence-corrected chi connectivity index (χ2v) is 7.56. The lowest BCUT2D eigenvalue weighted by Gasteiger charge is -2.06. The van der Waals surface area contributed by atoms with Crippen LogP contribution in [0.1, 0.15) is 52.9 Å². The van der Waals surface area contributed by atoms with Crippen LogP contribution in [-0.2, 0) is 9.84 Å². The zero-order valence-electron chi connectivity index (χ0n) is 11.7. The fraction of sp³-hybridized carbons (Fsp3) is 1.00. The Morgan fingerprint density at radius 3 is 2.24 bits per heavy atom. The van der Waals surface area contributed by atoms with Crippen LogP contribution in [-0.4, -0.2) is 33.0 Å². The first-order valence-electron chi connectivity index (χ1n) is 6.89. The molecule has 4 heteroatoms. The van der Waals surface area contributed by atoms with Gasteiger partial charge in [0.1, 0.15) is 0 Å². The zero-order chi connectivity index (χ0) is 13.1. The highest BCUT2D eigenvalue weighted by Gasteiger charge is 2.05.